The molecule has 29 heavy (non-hydrogen) atoms. The first kappa shape index (κ1) is 17.8. The Morgan fingerprint density at radius 1 is 1.07 bits per heavy atom. The number of rotatable bonds is 3. The molecule has 148 valence electrons. The number of aromatic nitrogens is 1. The van der Waals surface area contributed by atoms with Gasteiger partial charge in [-0.25, -0.2) is 0 Å². The highest BCUT2D eigenvalue weighted by molar-refractivity contribution is 6.05. The average molecular weight is 389 g/mol. The van der Waals surface area contributed by atoms with Gasteiger partial charge >= 0.3 is 0 Å². The van der Waals surface area contributed by atoms with E-state index in [0.717, 1.165) is 47.3 Å². The number of benzene rings is 2. The van der Waals surface area contributed by atoms with Crippen molar-refractivity contribution in [1.29, 1.82) is 0 Å². The Bertz CT molecular complexity index is 1050. The van der Waals surface area contributed by atoms with Crippen molar-refractivity contribution in [2.75, 3.05) is 31.6 Å². The van der Waals surface area contributed by atoms with Crippen LogP contribution in [0.25, 0.3) is 10.8 Å². The van der Waals surface area contributed by atoms with E-state index in [2.05, 4.69) is 10.3 Å². The standard InChI is InChI=1S/C23H23N3O3/c27-23(22-19-6-2-1-4-16(19)9-10-24-22)26-11-3-5-18(15-26)25-17-7-8-20-21(14-17)29-13-12-28-20/h1-2,4,6-10,14,18,25H,3,5,11-13,15H2/t18-/m0/s1. The van der Waals surface area contributed by atoms with E-state index in [0.29, 0.717) is 25.5 Å². The van der Waals surface area contributed by atoms with E-state index in [9.17, 15) is 4.79 Å². The molecule has 1 saturated heterocycles. The molecule has 3 aromatic rings. The number of pyridine rings is 1. The van der Waals surface area contributed by atoms with Crippen LogP contribution in [-0.4, -0.2) is 48.1 Å². The summed E-state index contributed by atoms with van der Waals surface area (Å²) in [6.45, 7) is 2.56. The van der Waals surface area contributed by atoms with Crippen LogP contribution in [0.5, 0.6) is 11.5 Å². The minimum Gasteiger partial charge on any atom is -0.486 e. The monoisotopic (exact) mass is 389 g/mol. The van der Waals surface area contributed by atoms with Gasteiger partial charge in [0.05, 0.1) is 0 Å². The summed E-state index contributed by atoms with van der Waals surface area (Å²) in [4.78, 5) is 19.5. The number of hydrogen-bond donors (Lipinski definition) is 1. The second-order valence-corrected chi connectivity index (χ2v) is 7.47. The maximum atomic E-state index is 13.2. The summed E-state index contributed by atoms with van der Waals surface area (Å²) in [5.41, 5.74) is 1.51. The van der Waals surface area contributed by atoms with Gasteiger partial charge in [0.2, 0.25) is 0 Å². The van der Waals surface area contributed by atoms with Crippen LogP contribution in [0.2, 0.25) is 0 Å². The topological polar surface area (TPSA) is 63.7 Å². The quantitative estimate of drug-likeness (QED) is 0.740. The Kier molecular flexibility index (Phi) is 4.68. The average Bonchev–Trinajstić information content (AvgIpc) is 2.78. The van der Waals surface area contributed by atoms with Crippen molar-refractivity contribution in [2.24, 2.45) is 0 Å². The summed E-state index contributed by atoms with van der Waals surface area (Å²) in [5.74, 6) is 1.55. The fraction of sp³-hybridized carbons (Fsp3) is 0.304. The van der Waals surface area contributed by atoms with Gasteiger partial charge in [0.25, 0.3) is 5.91 Å². The van der Waals surface area contributed by atoms with Gasteiger partial charge < -0.3 is 19.7 Å². The van der Waals surface area contributed by atoms with E-state index >= 15 is 0 Å². The number of ether oxygens (including phenoxy) is 2. The molecule has 1 atom stereocenters. The largest absolute Gasteiger partial charge is 0.486 e. The van der Waals surface area contributed by atoms with Crippen LogP contribution in [0, 0.1) is 0 Å². The lowest BCUT2D eigenvalue weighted by atomic mass is 10.0. The maximum absolute atomic E-state index is 13.2. The molecule has 0 unspecified atom stereocenters. The van der Waals surface area contributed by atoms with Crippen molar-refractivity contribution in [3.05, 3.63) is 60.4 Å². The summed E-state index contributed by atoms with van der Waals surface area (Å²) in [7, 11) is 0. The molecule has 2 aliphatic rings. The molecular weight excluding hydrogens is 366 g/mol. The summed E-state index contributed by atoms with van der Waals surface area (Å²) < 4.78 is 11.3. The summed E-state index contributed by atoms with van der Waals surface area (Å²) in [6, 6.07) is 15.9. The lowest BCUT2D eigenvalue weighted by Crippen LogP contribution is -2.45. The predicted octanol–water partition coefficient (Wildman–Crippen LogP) is 3.72. The molecular formula is C23H23N3O3. The molecule has 1 fully saturated rings. The number of carbonyl (C=O) groups is 1. The van der Waals surface area contributed by atoms with Gasteiger partial charge in [-0.1, -0.05) is 24.3 Å². The molecule has 0 aliphatic carbocycles. The van der Waals surface area contributed by atoms with Crippen LogP contribution in [0.1, 0.15) is 23.3 Å². The zero-order valence-electron chi connectivity index (χ0n) is 16.1. The third-order valence-electron chi connectivity index (χ3n) is 5.50. The molecule has 0 spiro atoms. The summed E-state index contributed by atoms with van der Waals surface area (Å²) in [6.07, 6.45) is 3.68. The van der Waals surface area contributed by atoms with Crippen molar-refractivity contribution >= 4 is 22.4 Å². The van der Waals surface area contributed by atoms with Crippen LogP contribution >= 0.6 is 0 Å². The Morgan fingerprint density at radius 2 is 1.93 bits per heavy atom. The van der Waals surface area contributed by atoms with Gasteiger partial charge in [0.15, 0.2) is 11.5 Å². The lowest BCUT2D eigenvalue weighted by Gasteiger charge is -2.34. The second kappa shape index (κ2) is 7.62. The normalized spacial score (nSPS) is 18.5. The first-order chi connectivity index (χ1) is 14.3. The number of carbonyl (C=O) groups excluding carboxylic acids is 1. The van der Waals surface area contributed by atoms with Gasteiger partial charge in [-0.15, -0.1) is 0 Å². The molecule has 1 aromatic heterocycles. The van der Waals surface area contributed by atoms with Crippen molar-refractivity contribution in [2.45, 2.75) is 18.9 Å². The molecule has 3 heterocycles. The maximum Gasteiger partial charge on any atom is 0.273 e. The minimum atomic E-state index is -0.00419. The zero-order chi connectivity index (χ0) is 19.6. The Labute approximate surface area is 169 Å². The number of piperidine rings is 1. The van der Waals surface area contributed by atoms with Crippen LogP contribution < -0.4 is 14.8 Å². The molecule has 2 aromatic carbocycles. The zero-order valence-corrected chi connectivity index (χ0v) is 16.1. The molecule has 6 heteroatoms. The molecule has 6 nitrogen and oxygen atoms in total. The summed E-state index contributed by atoms with van der Waals surface area (Å²) in [5, 5.41) is 5.50. The Hall–Kier alpha value is -3.28. The molecule has 0 saturated carbocycles. The number of anilines is 1. The van der Waals surface area contributed by atoms with Crippen LogP contribution in [0.3, 0.4) is 0 Å². The highest BCUT2D eigenvalue weighted by Crippen LogP contribution is 2.33. The highest BCUT2D eigenvalue weighted by Gasteiger charge is 2.26. The number of fused-ring (bicyclic) bond motifs is 2. The van der Waals surface area contributed by atoms with E-state index in [1.54, 1.807) is 6.20 Å². The van der Waals surface area contributed by atoms with Gasteiger partial charge in [0.1, 0.15) is 18.9 Å². The fourth-order valence-electron chi connectivity index (χ4n) is 4.09. The minimum absolute atomic E-state index is 0.00419. The SMILES string of the molecule is O=C(c1nccc2ccccc12)N1CCC[C@H](Nc2ccc3c(c2)OCCO3)C1. The van der Waals surface area contributed by atoms with Gasteiger partial charge in [0, 0.05) is 42.5 Å². The van der Waals surface area contributed by atoms with Crippen LogP contribution in [-0.2, 0) is 0 Å². The number of hydrogen-bond acceptors (Lipinski definition) is 5. The van der Waals surface area contributed by atoms with Crippen LogP contribution in [0.4, 0.5) is 5.69 Å². The van der Waals surface area contributed by atoms with E-state index < -0.39 is 0 Å². The predicted molar refractivity (Wildman–Crippen MR) is 112 cm³/mol. The third-order valence-corrected chi connectivity index (χ3v) is 5.50. The summed E-state index contributed by atoms with van der Waals surface area (Å²) >= 11 is 0. The number of likely N-dealkylation sites (tertiary alicyclic amines) is 1. The fourth-order valence-corrected chi connectivity index (χ4v) is 4.09. The second-order valence-electron chi connectivity index (χ2n) is 7.47. The Balaban J connectivity index is 1.32. The van der Waals surface area contributed by atoms with Crippen LogP contribution in [0.15, 0.2) is 54.7 Å². The highest BCUT2D eigenvalue weighted by atomic mass is 16.6. The lowest BCUT2D eigenvalue weighted by molar-refractivity contribution is 0.0711. The van der Waals surface area contributed by atoms with Crippen molar-refractivity contribution in [1.82, 2.24) is 9.88 Å². The first-order valence-corrected chi connectivity index (χ1v) is 10.1. The molecule has 2 aliphatic heterocycles. The van der Waals surface area contributed by atoms with E-state index in [1.165, 1.54) is 0 Å². The van der Waals surface area contributed by atoms with Gasteiger partial charge in [-0.3, -0.25) is 9.78 Å². The van der Waals surface area contributed by atoms with Crippen molar-refractivity contribution in [3.63, 3.8) is 0 Å². The van der Waals surface area contributed by atoms with E-state index in [-0.39, 0.29) is 11.9 Å². The molecule has 0 radical (unpaired) electrons. The third kappa shape index (κ3) is 3.58. The van der Waals surface area contributed by atoms with Gasteiger partial charge in [-0.2, -0.15) is 0 Å². The molecule has 1 N–H and O–H groups in total. The molecule has 1 amide bonds. The number of amides is 1. The first-order valence-electron chi connectivity index (χ1n) is 10.1. The Morgan fingerprint density at radius 3 is 2.86 bits per heavy atom. The number of nitrogens with zero attached hydrogens (tertiary/aromatic N) is 2. The van der Waals surface area contributed by atoms with Crippen molar-refractivity contribution in [3.8, 4) is 11.5 Å². The van der Waals surface area contributed by atoms with Crippen molar-refractivity contribution < 1.29 is 14.3 Å². The van der Waals surface area contributed by atoms with Gasteiger partial charge in [-0.05, 0) is 36.4 Å². The smallest absolute Gasteiger partial charge is 0.273 e. The van der Waals surface area contributed by atoms with E-state index in [4.69, 9.17) is 9.47 Å². The molecule has 5 rings (SSSR count). The van der Waals surface area contributed by atoms with E-state index in [1.807, 2.05) is 53.4 Å². The number of nitrogens with one attached hydrogen (secondary N) is 1. The molecule has 0 bridgehead atoms.